The largest absolute Gasteiger partial charge is 0.402 e. The van der Waals surface area contributed by atoms with E-state index in [9.17, 15) is 4.79 Å². The lowest BCUT2D eigenvalue weighted by Crippen LogP contribution is -2.41. The summed E-state index contributed by atoms with van der Waals surface area (Å²) in [6.45, 7) is 1.89. The van der Waals surface area contributed by atoms with Gasteiger partial charge in [0.15, 0.2) is 0 Å². The van der Waals surface area contributed by atoms with Crippen molar-refractivity contribution < 1.29 is 9.21 Å². The number of nitrogens with zero attached hydrogens (tertiary/aromatic N) is 4. The lowest BCUT2D eigenvalue weighted by Gasteiger charge is -2.32. The molecule has 2 fully saturated rings. The zero-order chi connectivity index (χ0) is 17.6. The monoisotopic (exact) mass is 352 g/mol. The van der Waals surface area contributed by atoms with Gasteiger partial charge in [-0.05, 0) is 49.3 Å². The Labute approximate surface area is 150 Å². The molecule has 8 heteroatoms. The molecular formula is C18H20N6O2. The van der Waals surface area contributed by atoms with Crippen LogP contribution in [-0.4, -0.2) is 50.6 Å². The van der Waals surface area contributed by atoms with Crippen LogP contribution in [0.2, 0.25) is 0 Å². The number of aromatic amines is 1. The van der Waals surface area contributed by atoms with E-state index in [1.54, 1.807) is 6.20 Å². The number of H-pyrrole nitrogens is 1. The fourth-order valence-electron chi connectivity index (χ4n) is 3.65. The molecule has 4 heterocycles. The summed E-state index contributed by atoms with van der Waals surface area (Å²) < 4.78 is 5.62. The molecule has 3 aromatic heterocycles. The third-order valence-corrected chi connectivity index (χ3v) is 5.57. The number of hydrogen-bond donors (Lipinski definition) is 2. The topological polar surface area (TPSA) is 99.9 Å². The van der Waals surface area contributed by atoms with Gasteiger partial charge in [-0.2, -0.15) is 0 Å². The van der Waals surface area contributed by atoms with E-state index in [4.69, 9.17) is 4.42 Å². The number of piperidine rings is 1. The highest BCUT2D eigenvalue weighted by molar-refractivity contribution is 5.81. The molecule has 1 amide bonds. The summed E-state index contributed by atoms with van der Waals surface area (Å²) in [5.74, 6) is 0.446. The number of fused-ring (bicyclic) bond motifs is 1. The molecule has 0 radical (unpaired) electrons. The van der Waals surface area contributed by atoms with Crippen LogP contribution in [0, 0.1) is 5.41 Å². The Morgan fingerprint density at radius 1 is 1.27 bits per heavy atom. The summed E-state index contributed by atoms with van der Waals surface area (Å²) in [6.07, 6.45) is 6.67. The molecule has 3 aromatic rings. The van der Waals surface area contributed by atoms with Gasteiger partial charge in [-0.1, -0.05) is 5.10 Å². The van der Waals surface area contributed by atoms with Gasteiger partial charge in [0.2, 0.25) is 5.91 Å². The van der Waals surface area contributed by atoms with Crippen molar-refractivity contribution in [3.05, 3.63) is 24.4 Å². The van der Waals surface area contributed by atoms with Crippen LogP contribution < -0.4 is 5.32 Å². The summed E-state index contributed by atoms with van der Waals surface area (Å²) >= 11 is 0. The van der Waals surface area contributed by atoms with E-state index >= 15 is 0 Å². The molecule has 134 valence electrons. The number of rotatable bonds is 4. The molecular weight excluding hydrogens is 332 g/mol. The average molecular weight is 352 g/mol. The van der Waals surface area contributed by atoms with E-state index in [0.717, 1.165) is 37.0 Å². The molecule has 5 rings (SSSR count). The Kier molecular flexibility index (Phi) is 3.44. The smallest absolute Gasteiger partial charge is 0.316 e. The molecule has 1 spiro atoms. The first kappa shape index (κ1) is 15.4. The molecule has 0 atom stereocenters. The Bertz CT molecular complexity index is 914. The summed E-state index contributed by atoms with van der Waals surface area (Å²) in [6, 6.07) is 5.99. The molecule has 1 aliphatic heterocycles. The van der Waals surface area contributed by atoms with Crippen molar-refractivity contribution in [1.29, 1.82) is 0 Å². The van der Waals surface area contributed by atoms with Crippen LogP contribution in [0.3, 0.4) is 0 Å². The van der Waals surface area contributed by atoms with Crippen LogP contribution in [0.25, 0.3) is 22.6 Å². The Hall–Kier alpha value is -2.90. The van der Waals surface area contributed by atoms with Gasteiger partial charge in [-0.3, -0.25) is 4.79 Å². The fourth-order valence-corrected chi connectivity index (χ4v) is 3.65. The summed E-state index contributed by atoms with van der Waals surface area (Å²) in [7, 11) is 0. The standard InChI is InChI=1S/C18H20N6O2/c25-14(24-8-5-18(3-4-18)6-9-24)11-20-17-23-22-16(26-17)13-10-12-2-1-7-19-15(12)21-13/h1-2,7,10H,3-6,8-9,11H2,(H,19,21)(H,20,23). The van der Waals surface area contributed by atoms with Gasteiger partial charge in [-0.25, -0.2) is 4.98 Å². The van der Waals surface area contributed by atoms with E-state index in [-0.39, 0.29) is 18.5 Å². The first-order valence-corrected chi connectivity index (χ1v) is 9.00. The van der Waals surface area contributed by atoms with E-state index in [2.05, 4.69) is 25.5 Å². The maximum atomic E-state index is 12.4. The lowest BCUT2D eigenvalue weighted by atomic mass is 9.94. The van der Waals surface area contributed by atoms with Crippen LogP contribution in [0.4, 0.5) is 6.01 Å². The Morgan fingerprint density at radius 2 is 2.12 bits per heavy atom. The molecule has 1 saturated heterocycles. The molecule has 0 bridgehead atoms. The summed E-state index contributed by atoms with van der Waals surface area (Å²) in [4.78, 5) is 21.7. The molecule has 8 nitrogen and oxygen atoms in total. The number of pyridine rings is 1. The zero-order valence-electron chi connectivity index (χ0n) is 14.4. The molecule has 2 N–H and O–H groups in total. The fraction of sp³-hybridized carbons (Fsp3) is 0.444. The predicted molar refractivity (Wildman–Crippen MR) is 95.4 cm³/mol. The highest BCUT2D eigenvalue weighted by atomic mass is 16.4. The van der Waals surface area contributed by atoms with Gasteiger partial charge in [0.05, 0.1) is 6.54 Å². The number of amides is 1. The molecule has 1 aliphatic carbocycles. The van der Waals surface area contributed by atoms with Crippen molar-refractivity contribution >= 4 is 23.0 Å². The first-order chi connectivity index (χ1) is 12.7. The van der Waals surface area contributed by atoms with E-state index < -0.39 is 0 Å². The molecule has 2 aliphatic rings. The third kappa shape index (κ3) is 2.81. The van der Waals surface area contributed by atoms with Crippen molar-refractivity contribution in [3.63, 3.8) is 0 Å². The van der Waals surface area contributed by atoms with Gasteiger partial charge in [0.25, 0.3) is 5.89 Å². The normalized spacial score (nSPS) is 18.4. The van der Waals surface area contributed by atoms with Gasteiger partial charge < -0.3 is 19.6 Å². The van der Waals surface area contributed by atoms with Crippen molar-refractivity contribution in [2.24, 2.45) is 5.41 Å². The van der Waals surface area contributed by atoms with Crippen molar-refractivity contribution in [2.75, 3.05) is 25.0 Å². The second kappa shape index (κ2) is 5.82. The van der Waals surface area contributed by atoms with Gasteiger partial charge in [0.1, 0.15) is 11.3 Å². The molecule has 0 unspecified atom stereocenters. The Balaban J connectivity index is 1.21. The summed E-state index contributed by atoms with van der Waals surface area (Å²) in [5, 5.41) is 11.9. The van der Waals surface area contributed by atoms with E-state index in [1.807, 2.05) is 23.1 Å². The second-order valence-corrected chi connectivity index (χ2v) is 7.27. The Morgan fingerprint density at radius 3 is 2.88 bits per heavy atom. The van der Waals surface area contributed by atoms with Crippen LogP contribution in [0.15, 0.2) is 28.8 Å². The van der Waals surface area contributed by atoms with Crippen LogP contribution in [0.5, 0.6) is 0 Å². The van der Waals surface area contributed by atoms with Gasteiger partial charge in [0, 0.05) is 24.7 Å². The van der Waals surface area contributed by atoms with E-state index in [0.29, 0.717) is 17.0 Å². The molecule has 1 saturated carbocycles. The van der Waals surface area contributed by atoms with E-state index in [1.165, 1.54) is 12.8 Å². The molecule has 26 heavy (non-hydrogen) atoms. The third-order valence-electron chi connectivity index (χ3n) is 5.57. The number of hydrogen-bond acceptors (Lipinski definition) is 6. The first-order valence-electron chi connectivity index (χ1n) is 9.00. The predicted octanol–water partition coefficient (Wildman–Crippen LogP) is 2.43. The highest BCUT2D eigenvalue weighted by Gasteiger charge is 2.44. The summed E-state index contributed by atoms with van der Waals surface area (Å²) in [5.41, 5.74) is 2.04. The van der Waals surface area contributed by atoms with Gasteiger partial charge >= 0.3 is 6.01 Å². The maximum absolute atomic E-state index is 12.4. The van der Waals surface area contributed by atoms with Crippen LogP contribution >= 0.6 is 0 Å². The van der Waals surface area contributed by atoms with Crippen molar-refractivity contribution in [1.82, 2.24) is 25.1 Å². The second-order valence-electron chi connectivity index (χ2n) is 7.27. The van der Waals surface area contributed by atoms with Gasteiger partial charge in [-0.15, -0.1) is 5.10 Å². The number of carbonyl (C=O) groups excluding carboxylic acids is 1. The maximum Gasteiger partial charge on any atom is 0.316 e. The average Bonchev–Trinajstić information content (AvgIpc) is 3.11. The van der Waals surface area contributed by atoms with Crippen LogP contribution in [0.1, 0.15) is 25.7 Å². The number of carbonyl (C=O) groups is 1. The van der Waals surface area contributed by atoms with Crippen molar-refractivity contribution in [3.8, 4) is 11.6 Å². The number of aromatic nitrogens is 4. The number of likely N-dealkylation sites (tertiary alicyclic amines) is 1. The quantitative estimate of drug-likeness (QED) is 0.748. The van der Waals surface area contributed by atoms with Crippen LogP contribution in [-0.2, 0) is 4.79 Å². The number of nitrogens with one attached hydrogen (secondary N) is 2. The SMILES string of the molecule is O=C(CNc1nnc(-c2cc3cccnc3[nH]2)o1)N1CCC2(CC1)CC2. The highest BCUT2D eigenvalue weighted by Crippen LogP contribution is 2.53. The molecule has 0 aromatic carbocycles. The number of anilines is 1. The zero-order valence-corrected chi connectivity index (χ0v) is 14.4. The van der Waals surface area contributed by atoms with Crippen molar-refractivity contribution in [2.45, 2.75) is 25.7 Å². The minimum Gasteiger partial charge on any atom is -0.402 e. The minimum absolute atomic E-state index is 0.0788. The minimum atomic E-state index is 0.0788. The lowest BCUT2D eigenvalue weighted by molar-refractivity contribution is -0.130.